The second-order valence-electron chi connectivity index (χ2n) is 9.06. The summed E-state index contributed by atoms with van der Waals surface area (Å²) in [6.45, 7) is -1.10. The summed E-state index contributed by atoms with van der Waals surface area (Å²) in [6, 6.07) is 17.5. The maximum atomic E-state index is 12.2. The van der Waals surface area contributed by atoms with Crippen LogP contribution in [0.25, 0.3) is 0 Å². The van der Waals surface area contributed by atoms with Crippen molar-refractivity contribution in [2.75, 3.05) is 33.5 Å². The van der Waals surface area contributed by atoms with Crippen molar-refractivity contribution < 1.29 is 47.7 Å². The Morgan fingerprint density at radius 2 is 1.22 bits per heavy atom. The van der Waals surface area contributed by atoms with E-state index in [0.29, 0.717) is 25.7 Å². The molecule has 222 valence electrons. The molecule has 11 heteroatoms. The lowest BCUT2D eigenvalue weighted by Crippen LogP contribution is -2.43. The molecule has 2 aromatic rings. The van der Waals surface area contributed by atoms with E-state index >= 15 is 0 Å². The van der Waals surface area contributed by atoms with Gasteiger partial charge in [-0.15, -0.1) is 0 Å². The molecule has 0 unspecified atom stereocenters. The van der Waals surface area contributed by atoms with Gasteiger partial charge in [-0.2, -0.15) is 0 Å². The quantitative estimate of drug-likeness (QED) is 0.143. The standard InChI is InChI=1S/C30H37NO10/c1-37-30(36)26(31-27(33)20-39-22-29(35)41-18-24-13-7-3-8-14-24)16-10-4-9-15-25(32)19-38-21-28(34)40-17-23-11-5-2-6-12-23/h2-3,5-8,11-14,26H,4,9-10,15-22H2,1H3,(H,31,33)/t26-/m0/s1. The summed E-state index contributed by atoms with van der Waals surface area (Å²) in [5, 5.41) is 2.54. The van der Waals surface area contributed by atoms with Crippen molar-refractivity contribution in [3.05, 3.63) is 71.8 Å². The Labute approximate surface area is 239 Å². The van der Waals surface area contributed by atoms with Crippen molar-refractivity contribution in [2.45, 2.75) is 51.4 Å². The Morgan fingerprint density at radius 1 is 0.683 bits per heavy atom. The fraction of sp³-hybridized carbons (Fsp3) is 0.433. The molecule has 0 radical (unpaired) electrons. The van der Waals surface area contributed by atoms with Crippen molar-refractivity contribution in [2.24, 2.45) is 0 Å². The number of unbranched alkanes of at least 4 members (excludes halogenated alkanes) is 2. The van der Waals surface area contributed by atoms with Crippen molar-refractivity contribution >= 4 is 29.6 Å². The molecule has 0 fully saturated rings. The Hall–Kier alpha value is -4.09. The van der Waals surface area contributed by atoms with E-state index in [9.17, 15) is 24.0 Å². The molecule has 2 rings (SSSR count). The zero-order chi connectivity index (χ0) is 29.7. The fourth-order valence-corrected chi connectivity index (χ4v) is 3.58. The number of amides is 1. The summed E-state index contributed by atoms with van der Waals surface area (Å²) >= 11 is 0. The first-order valence-corrected chi connectivity index (χ1v) is 13.3. The van der Waals surface area contributed by atoms with Crippen molar-refractivity contribution in [1.82, 2.24) is 5.32 Å². The summed E-state index contributed by atoms with van der Waals surface area (Å²) in [7, 11) is 1.22. The van der Waals surface area contributed by atoms with Crippen molar-refractivity contribution in [3.63, 3.8) is 0 Å². The molecule has 1 N–H and O–H groups in total. The van der Waals surface area contributed by atoms with Crippen LogP contribution in [-0.4, -0.2) is 69.2 Å². The predicted molar refractivity (Wildman–Crippen MR) is 146 cm³/mol. The van der Waals surface area contributed by atoms with Crippen LogP contribution in [0.15, 0.2) is 60.7 Å². The average Bonchev–Trinajstić information content (AvgIpc) is 2.99. The Kier molecular flexibility index (Phi) is 16.1. The summed E-state index contributed by atoms with van der Waals surface area (Å²) < 4.78 is 25.1. The fourth-order valence-electron chi connectivity index (χ4n) is 3.58. The minimum Gasteiger partial charge on any atom is -0.467 e. The first kappa shape index (κ1) is 33.1. The Balaban J connectivity index is 1.54. The van der Waals surface area contributed by atoms with Gasteiger partial charge in [-0.05, 0) is 24.0 Å². The number of benzene rings is 2. The van der Waals surface area contributed by atoms with Gasteiger partial charge in [0.25, 0.3) is 0 Å². The van der Waals surface area contributed by atoms with Gasteiger partial charge < -0.3 is 29.0 Å². The van der Waals surface area contributed by atoms with Gasteiger partial charge in [0.15, 0.2) is 5.78 Å². The maximum absolute atomic E-state index is 12.2. The van der Waals surface area contributed by atoms with Crippen LogP contribution < -0.4 is 5.32 Å². The third kappa shape index (κ3) is 15.3. The Bertz CT molecular complexity index is 1090. The van der Waals surface area contributed by atoms with E-state index < -0.39 is 43.1 Å². The lowest BCUT2D eigenvalue weighted by atomic mass is 10.1. The predicted octanol–water partition coefficient (Wildman–Crippen LogP) is 2.68. The minimum atomic E-state index is -0.887. The number of ketones is 1. The van der Waals surface area contributed by atoms with Crippen LogP contribution in [0.5, 0.6) is 0 Å². The van der Waals surface area contributed by atoms with Gasteiger partial charge in [-0.1, -0.05) is 73.5 Å². The molecule has 1 atom stereocenters. The highest BCUT2D eigenvalue weighted by molar-refractivity contribution is 5.85. The maximum Gasteiger partial charge on any atom is 0.332 e. The second kappa shape index (κ2) is 19.9. The molecular weight excluding hydrogens is 534 g/mol. The van der Waals surface area contributed by atoms with Gasteiger partial charge in [-0.25, -0.2) is 14.4 Å². The normalized spacial score (nSPS) is 11.2. The molecule has 41 heavy (non-hydrogen) atoms. The largest absolute Gasteiger partial charge is 0.467 e. The number of Topliss-reactive ketones (excluding diaryl/α,β-unsaturated/α-hetero) is 1. The number of hydrogen-bond acceptors (Lipinski definition) is 10. The number of hydrogen-bond donors (Lipinski definition) is 1. The summed E-state index contributed by atoms with van der Waals surface area (Å²) in [5.41, 5.74) is 1.69. The van der Waals surface area contributed by atoms with E-state index in [2.05, 4.69) is 5.32 Å². The van der Waals surface area contributed by atoms with Crippen LogP contribution in [0.2, 0.25) is 0 Å². The molecule has 0 bridgehead atoms. The summed E-state index contributed by atoms with van der Waals surface area (Å²) in [6.07, 6.45) is 2.28. The van der Waals surface area contributed by atoms with Crippen LogP contribution >= 0.6 is 0 Å². The third-order valence-electron chi connectivity index (χ3n) is 5.69. The minimum absolute atomic E-state index is 0.0993. The SMILES string of the molecule is COC(=O)[C@H](CCCCCC(=O)COCC(=O)OCc1ccccc1)NC(=O)COCC(=O)OCc1ccccc1. The van der Waals surface area contributed by atoms with E-state index in [1.54, 1.807) is 0 Å². The number of carbonyl (C=O) groups excluding carboxylic acids is 5. The molecule has 2 aromatic carbocycles. The van der Waals surface area contributed by atoms with Gasteiger partial charge in [0.2, 0.25) is 5.91 Å². The van der Waals surface area contributed by atoms with E-state index in [4.69, 9.17) is 23.7 Å². The number of methoxy groups -OCH3 is 1. The molecule has 11 nitrogen and oxygen atoms in total. The molecule has 0 saturated carbocycles. The van der Waals surface area contributed by atoms with Gasteiger partial charge in [0.1, 0.15) is 45.7 Å². The number of esters is 3. The number of nitrogens with one attached hydrogen (secondary N) is 1. The van der Waals surface area contributed by atoms with E-state index in [1.165, 1.54) is 7.11 Å². The van der Waals surface area contributed by atoms with Gasteiger partial charge in [-0.3, -0.25) is 9.59 Å². The van der Waals surface area contributed by atoms with Crippen molar-refractivity contribution in [1.29, 1.82) is 0 Å². The topological polar surface area (TPSA) is 144 Å². The smallest absolute Gasteiger partial charge is 0.332 e. The van der Waals surface area contributed by atoms with Crippen LogP contribution in [0.1, 0.15) is 43.2 Å². The lowest BCUT2D eigenvalue weighted by molar-refractivity contribution is -0.152. The molecule has 0 aliphatic rings. The highest BCUT2D eigenvalue weighted by Crippen LogP contribution is 2.08. The molecule has 1 amide bonds. The average molecular weight is 572 g/mol. The molecule has 0 heterocycles. The van der Waals surface area contributed by atoms with Crippen LogP contribution in [-0.2, 0) is 60.9 Å². The third-order valence-corrected chi connectivity index (χ3v) is 5.69. The van der Waals surface area contributed by atoms with E-state index in [-0.39, 0.29) is 38.6 Å². The van der Waals surface area contributed by atoms with Crippen LogP contribution in [0.4, 0.5) is 0 Å². The molecule has 0 aromatic heterocycles. The van der Waals surface area contributed by atoms with Crippen LogP contribution in [0, 0.1) is 0 Å². The van der Waals surface area contributed by atoms with Crippen LogP contribution in [0.3, 0.4) is 0 Å². The van der Waals surface area contributed by atoms with Gasteiger partial charge in [0, 0.05) is 6.42 Å². The van der Waals surface area contributed by atoms with Gasteiger partial charge in [0.05, 0.1) is 7.11 Å². The second-order valence-corrected chi connectivity index (χ2v) is 9.06. The Morgan fingerprint density at radius 3 is 1.76 bits per heavy atom. The van der Waals surface area contributed by atoms with Gasteiger partial charge >= 0.3 is 17.9 Å². The lowest BCUT2D eigenvalue weighted by Gasteiger charge is -2.16. The summed E-state index contributed by atoms with van der Waals surface area (Å²) in [5.74, 6) is -2.51. The zero-order valence-electron chi connectivity index (χ0n) is 23.2. The molecule has 0 spiro atoms. The molecule has 0 aliphatic heterocycles. The highest BCUT2D eigenvalue weighted by Gasteiger charge is 2.21. The monoisotopic (exact) mass is 571 g/mol. The number of rotatable bonds is 20. The van der Waals surface area contributed by atoms with E-state index in [0.717, 1.165) is 11.1 Å². The molecule has 0 aliphatic carbocycles. The first-order valence-electron chi connectivity index (χ1n) is 13.3. The molecule has 0 saturated heterocycles. The molecular formula is C30H37NO10. The summed E-state index contributed by atoms with van der Waals surface area (Å²) in [4.78, 5) is 59.8. The highest BCUT2D eigenvalue weighted by atomic mass is 16.6. The number of carbonyl (C=O) groups is 5. The van der Waals surface area contributed by atoms with Crippen molar-refractivity contribution in [3.8, 4) is 0 Å². The first-order chi connectivity index (χ1) is 19.9. The van der Waals surface area contributed by atoms with E-state index in [1.807, 2.05) is 60.7 Å². The zero-order valence-corrected chi connectivity index (χ0v) is 23.2. The number of ether oxygens (including phenoxy) is 5.